The number of ether oxygens (including phenoxy) is 2. The molecule has 12 heteroatoms. The lowest BCUT2D eigenvalue weighted by Gasteiger charge is -2.43. The molecule has 3 aliphatic rings. The summed E-state index contributed by atoms with van der Waals surface area (Å²) in [7, 11) is 0. The molecule has 1 saturated heterocycles. The highest BCUT2D eigenvalue weighted by Gasteiger charge is 2.41. The van der Waals surface area contributed by atoms with Crippen molar-refractivity contribution >= 4 is 23.4 Å². The van der Waals surface area contributed by atoms with Gasteiger partial charge in [-0.2, -0.15) is 13.2 Å². The lowest BCUT2D eigenvalue weighted by molar-refractivity contribution is -0.137. The summed E-state index contributed by atoms with van der Waals surface area (Å²) in [6, 6.07) is 16.4. The van der Waals surface area contributed by atoms with Crippen molar-refractivity contribution in [2.45, 2.75) is 62.6 Å². The lowest BCUT2D eigenvalue weighted by atomic mass is 9.94. The number of anilines is 1. The number of carbonyl (C=O) groups is 3. The summed E-state index contributed by atoms with van der Waals surface area (Å²) in [5.41, 5.74) is 8.10. The number of nitrogens with zero attached hydrogens (tertiary/aromatic N) is 1. The summed E-state index contributed by atoms with van der Waals surface area (Å²) < 4.78 is 51.2. The van der Waals surface area contributed by atoms with Gasteiger partial charge in [0.2, 0.25) is 5.91 Å². The third kappa shape index (κ3) is 6.87. The van der Waals surface area contributed by atoms with Crippen molar-refractivity contribution in [1.29, 1.82) is 0 Å². The number of hydrogen-bond acceptors (Lipinski definition) is 6. The maximum Gasteiger partial charge on any atom is 0.416 e. The van der Waals surface area contributed by atoms with E-state index in [0.717, 1.165) is 37.1 Å². The van der Waals surface area contributed by atoms with Crippen LogP contribution >= 0.6 is 0 Å². The van der Waals surface area contributed by atoms with Crippen molar-refractivity contribution in [3.05, 3.63) is 94.5 Å². The number of alkyl halides is 3. The first-order valence-electron chi connectivity index (χ1n) is 15.4. The van der Waals surface area contributed by atoms with E-state index in [-0.39, 0.29) is 72.9 Å². The number of hydrogen-bond donors (Lipinski definition) is 3. The molecule has 0 radical (unpaired) electrons. The third-order valence-electron chi connectivity index (χ3n) is 8.79. The molecule has 0 unspecified atom stereocenters. The Bertz CT molecular complexity index is 1590. The average molecular weight is 637 g/mol. The third-order valence-corrected chi connectivity index (χ3v) is 8.79. The summed E-state index contributed by atoms with van der Waals surface area (Å²) in [5, 5.41) is 5.80. The van der Waals surface area contributed by atoms with Crippen LogP contribution in [0.2, 0.25) is 0 Å². The Balaban J connectivity index is 1.11. The normalized spacial score (nSPS) is 21.3. The van der Waals surface area contributed by atoms with Gasteiger partial charge in [-0.05, 0) is 79.3 Å². The Hall–Kier alpha value is -4.42. The number of rotatable bonds is 7. The molecule has 0 saturated carbocycles. The molecular formula is C34H35F3N4O5. The van der Waals surface area contributed by atoms with E-state index in [1.54, 1.807) is 17.0 Å². The number of nitrogens with one attached hydrogen (secondary N) is 2. The van der Waals surface area contributed by atoms with Crippen molar-refractivity contribution in [1.82, 2.24) is 10.2 Å². The monoisotopic (exact) mass is 636 g/mol. The van der Waals surface area contributed by atoms with Crippen molar-refractivity contribution in [2.24, 2.45) is 5.73 Å². The second-order valence-electron chi connectivity index (χ2n) is 11.9. The Morgan fingerprint density at radius 2 is 1.70 bits per heavy atom. The largest absolute Gasteiger partial charge is 0.490 e. The standard InChI is InChI=1S/C34H35F3N4O5/c35-34(36,37)23-7-5-20(6-8-23)32(43)40-24-9-12-29-27(17-24)33(44)41(14-13-38)28-11-10-26(46-30(28)19-45-29)18-31(42)39-25-15-21-3-1-2-4-22(21)16-25/h1-9,12,17,25-26,28,30H,10-11,13-16,18-19,38H2,(H,39,42)(H,40,43)/t26-,28-,30-/m0/s1. The van der Waals surface area contributed by atoms with E-state index >= 15 is 0 Å². The number of nitrogens with two attached hydrogens (primary N) is 1. The number of halogens is 3. The van der Waals surface area contributed by atoms with Gasteiger partial charge in [0.15, 0.2) is 0 Å². The molecule has 9 nitrogen and oxygen atoms in total. The van der Waals surface area contributed by atoms with Crippen LogP contribution in [0.3, 0.4) is 0 Å². The zero-order valence-electron chi connectivity index (χ0n) is 25.0. The van der Waals surface area contributed by atoms with Gasteiger partial charge in [0, 0.05) is 30.4 Å². The van der Waals surface area contributed by atoms with Crippen LogP contribution in [0, 0.1) is 0 Å². The van der Waals surface area contributed by atoms with Gasteiger partial charge in [-0.1, -0.05) is 24.3 Å². The smallest absolute Gasteiger partial charge is 0.416 e. The van der Waals surface area contributed by atoms with Gasteiger partial charge >= 0.3 is 6.18 Å². The average Bonchev–Trinajstić information content (AvgIpc) is 3.44. The van der Waals surface area contributed by atoms with Gasteiger partial charge < -0.3 is 30.7 Å². The van der Waals surface area contributed by atoms with Crippen LogP contribution in [0.15, 0.2) is 66.7 Å². The molecule has 3 amide bonds. The molecule has 0 spiro atoms. The molecule has 4 N–H and O–H groups in total. The highest BCUT2D eigenvalue weighted by Crippen LogP contribution is 2.34. The van der Waals surface area contributed by atoms with E-state index in [2.05, 4.69) is 22.8 Å². The van der Waals surface area contributed by atoms with Gasteiger partial charge in [0.25, 0.3) is 11.8 Å². The molecule has 1 aliphatic carbocycles. The summed E-state index contributed by atoms with van der Waals surface area (Å²) in [6.07, 6.45) is -2.34. The zero-order chi connectivity index (χ0) is 32.4. The minimum absolute atomic E-state index is 0.0332. The van der Waals surface area contributed by atoms with Crippen LogP contribution < -0.4 is 21.1 Å². The highest BCUT2D eigenvalue weighted by atomic mass is 19.4. The van der Waals surface area contributed by atoms with Crippen molar-refractivity contribution in [2.75, 3.05) is 25.0 Å². The number of fused-ring (bicyclic) bond motifs is 3. The zero-order valence-corrected chi connectivity index (χ0v) is 25.0. The fourth-order valence-corrected chi connectivity index (χ4v) is 6.56. The second kappa shape index (κ2) is 13.1. The van der Waals surface area contributed by atoms with Crippen molar-refractivity contribution in [3.8, 4) is 5.75 Å². The van der Waals surface area contributed by atoms with Crippen LogP contribution in [-0.2, 0) is 28.5 Å². The van der Waals surface area contributed by atoms with Gasteiger partial charge in [-0.3, -0.25) is 14.4 Å². The number of carbonyl (C=O) groups excluding carboxylic acids is 3. The van der Waals surface area contributed by atoms with Gasteiger partial charge in [0.1, 0.15) is 18.5 Å². The first kappa shape index (κ1) is 31.6. The molecule has 3 aromatic carbocycles. The van der Waals surface area contributed by atoms with Crippen molar-refractivity contribution in [3.63, 3.8) is 0 Å². The SMILES string of the molecule is NCCN1C(=O)c2cc(NC(=O)c3ccc(C(F)(F)F)cc3)ccc2OC[C@@H]2O[C@H](CC(=O)NC3Cc4ccccc4C3)CC[C@@H]21. The van der Waals surface area contributed by atoms with Gasteiger partial charge in [-0.15, -0.1) is 0 Å². The maximum atomic E-state index is 13.9. The Labute approximate surface area is 264 Å². The molecule has 0 bridgehead atoms. The predicted octanol–water partition coefficient (Wildman–Crippen LogP) is 4.34. The predicted molar refractivity (Wildman–Crippen MR) is 164 cm³/mol. The summed E-state index contributed by atoms with van der Waals surface area (Å²) in [5.74, 6) is -0.747. The fourth-order valence-electron chi connectivity index (χ4n) is 6.56. The van der Waals surface area contributed by atoms with Crippen LogP contribution in [0.4, 0.5) is 18.9 Å². The quantitative estimate of drug-likeness (QED) is 0.355. The molecule has 2 heterocycles. The second-order valence-corrected chi connectivity index (χ2v) is 11.9. The highest BCUT2D eigenvalue weighted by molar-refractivity contribution is 6.05. The van der Waals surface area contributed by atoms with Gasteiger partial charge in [0.05, 0.1) is 29.7 Å². The molecule has 0 aromatic heterocycles. The Morgan fingerprint density at radius 3 is 2.37 bits per heavy atom. The molecule has 3 atom stereocenters. The summed E-state index contributed by atoms with van der Waals surface area (Å²) >= 11 is 0. The number of benzene rings is 3. The van der Waals surface area contributed by atoms with Crippen LogP contribution in [-0.4, -0.2) is 66.6 Å². The Morgan fingerprint density at radius 1 is 0.978 bits per heavy atom. The molecule has 6 rings (SSSR count). The topological polar surface area (TPSA) is 123 Å². The fraction of sp³-hybridized carbons (Fsp3) is 0.382. The molecule has 46 heavy (non-hydrogen) atoms. The molecular weight excluding hydrogens is 601 g/mol. The summed E-state index contributed by atoms with van der Waals surface area (Å²) in [4.78, 5) is 41.3. The molecule has 242 valence electrons. The maximum absolute atomic E-state index is 13.9. The van der Waals surface area contributed by atoms with Crippen LogP contribution in [0.25, 0.3) is 0 Å². The van der Waals surface area contributed by atoms with E-state index in [9.17, 15) is 27.6 Å². The Kier molecular flexibility index (Phi) is 9.01. The van der Waals surface area contributed by atoms with Crippen molar-refractivity contribution < 1.29 is 37.0 Å². The summed E-state index contributed by atoms with van der Waals surface area (Å²) in [6.45, 7) is 0.614. The van der Waals surface area contributed by atoms with Crippen LogP contribution in [0.1, 0.15) is 56.7 Å². The minimum Gasteiger partial charge on any atom is -0.490 e. The van der Waals surface area contributed by atoms with E-state index in [4.69, 9.17) is 15.2 Å². The van der Waals surface area contributed by atoms with E-state index < -0.39 is 23.8 Å². The number of amides is 3. The van der Waals surface area contributed by atoms with Crippen LogP contribution in [0.5, 0.6) is 5.75 Å². The van der Waals surface area contributed by atoms with Gasteiger partial charge in [-0.25, -0.2) is 0 Å². The lowest BCUT2D eigenvalue weighted by Crippen LogP contribution is -2.56. The van der Waals surface area contributed by atoms with E-state index in [0.29, 0.717) is 18.6 Å². The first-order valence-corrected chi connectivity index (χ1v) is 15.4. The molecule has 1 fully saturated rings. The van der Waals surface area contributed by atoms with E-state index in [1.165, 1.54) is 17.2 Å². The molecule has 2 aliphatic heterocycles. The minimum atomic E-state index is -4.51. The van der Waals surface area contributed by atoms with E-state index in [1.807, 2.05) is 12.1 Å². The molecule has 3 aromatic rings. The first-order chi connectivity index (χ1) is 22.1.